The van der Waals surface area contributed by atoms with Crippen LogP contribution in [-0.4, -0.2) is 42.5 Å². The van der Waals surface area contributed by atoms with Gasteiger partial charge in [-0.15, -0.1) is 0 Å². The maximum atomic E-state index is 11.4. The van der Waals surface area contributed by atoms with Crippen LogP contribution in [0.15, 0.2) is 41.3 Å². The molecule has 0 aliphatic heterocycles. The van der Waals surface area contributed by atoms with Crippen molar-refractivity contribution >= 4 is 51.3 Å². The number of hydrogen-bond acceptors (Lipinski definition) is 2. The van der Waals surface area contributed by atoms with Crippen LogP contribution in [0.25, 0.3) is 11.1 Å². The normalized spacial score (nSPS) is 12.5. The molecule has 6 heteroatoms. The van der Waals surface area contributed by atoms with E-state index in [9.17, 15) is 13.0 Å². The summed E-state index contributed by atoms with van der Waals surface area (Å²) in [7, 11) is -4.31. The van der Waals surface area contributed by atoms with Gasteiger partial charge in [0.15, 0.2) is 0 Å². The Hall–Kier alpha value is -0.360. The summed E-state index contributed by atoms with van der Waals surface area (Å²) in [6.07, 6.45) is 0.473. The summed E-state index contributed by atoms with van der Waals surface area (Å²) in [5.41, 5.74) is 3.43. The summed E-state index contributed by atoms with van der Waals surface area (Å²) < 4.78 is 32.2. The molecule has 0 spiro atoms. The van der Waals surface area contributed by atoms with Gasteiger partial charge in [0.25, 0.3) is 10.1 Å². The van der Waals surface area contributed by atoms with E-state index in [0.29, 0.717) is 12.0 Å². The Labute approximate surface area is 138 Å². The van der Waals surface area contributed by atoms with Crippen molar-refractivity contribution in [2.75, 3.05) is 0 Å². The molecule has 1 N–H and O–H groups in total. The molecule has 94 valence electrons. The average molecular weight is 305 g/mol. The Morgan fingerprint density at radius 2 is 1.74 bits per heavy atom. The van der Waals surface area contributed by atoms with Crippen LogP contribution < -0.4 is 0 Å². The first-order chi connectivity index (χ1) is 8.48. The minimum atomic E-state index is -4.31. The molecule has 2 aromatic rings. The van der Waals surface area contributed by atoms with Crippen LogP contribution >= 0.6 is 11.6 Å². The van der Waals surface area contributed by atoms with Crippen molar-refractivity contribution < 1.29 is 13.0 Å². The molecule has 0 saturated carbocycles. The molecule has 3 rings (SSSR count). The predicted octanol–water partition coefficient (Wildman–Crippen LogP) is 2.51. The van der Waals surface area contributed by atoms with Crippen LogP contribution in [-0.2, 0) is 16.5 Å². The molecular weight excluding hydrogens is 295 g/mol. The zero-order valence-corrected chi connectivity index (χ0v) is 10.8. The van der Waals surface area contributed by atoms with E-state index in [0.717, 1.165) is 16.7 Å². The molecule has 0 aromatic heterocycles. The number of rotatable bonds is 1. The van der Waals surface area contributed by atoms with Gasteiger partial charge in [-0.1, -0.05) is 41.9 Å². The molecule has 0 amide bonds. The fourth-order valence-electron chi connectivity index (χ4n) is 2.43. The van der Waals surface area contributed by atoms with Gasteiger partial charge in [0, 0.05) is 6.42 Å². The first-order valence-electron chi connectivity index (χ1n) is 5.35. The minimum absolute atomic E-state index is 0. The standard InChI is InChI=1S/C13H9ClO3S.Na.H/c14-12-6-5-10-9-4-2-1-3-8(9)7-11(10)13(12)18(15,16)17;;/h1-6H,7H2,(H,15,16,17);;. The van der Waals surface area contributed by atoms with Crippen molar-refractivity contribution in [3.05, 3.63) is 52.5 Å². The van der Waals surface area contributed by atoms with Crippen molar-refractivity contribution in [1.82, 2.24) is 0 Å². The SMILES string of the molecule is O=S(=O)(O)c1c(Cl)ccc2c1Cc1ccccc1-2.[NaH]. The molecule has 0 heterocycles. The van der Waals surface area contributed by atoms with Crippen LogP contribution in [0.2, 0.25) is 5.02 Å². The van der Waals surface area contributed by atoms with E-state index >= 15 is 0 Å². The van der Waals surface area contributed by atoms with Gasteiger partial charge in [-0.05, 0) is 28.3 Å². The third kappa shape index (κ3) is 2.49. The molecule has 3 nitrogen and oxygen atoms in total. The van der Waals surface area contributed by atoms with Gasteiger partial charge in [0.1, 0.15) is 4.90 Å². The first-order valence-corrected chi connectivity index (χ1v) is 7.17. The molecule has 0 radical (unpaired) electrons. The number of fused-ring (bicyclic) bond motifs is 3. The fraction of sp³-hybridized carbons (Fsp3) is 0.0769. The van der Waals surface area contributed by atoms with Crippen LogP contribution in [0.4, 0.5) is 0 Å². The van der Waals surface area contributed by atoms with Gasteiger partial charge >= 0.3 is 29.6 Å². The second kappa shape index (κ2) is 5.20. The average Bonchev–Trinajstić information content (AvgIpc) is 2.64. The number of benzene rings is 2. The Bertz CT molecular complexity index is 756. The first kappa shape index (κ1) is 15.0. The van der Waals surface area contributed by atoms with Gasteiger partial charge in [0.05, 0.1) is 5.02 Å². The van der Waals surface area contributed by atoms with Crippen molar-refractivity contribution in [3.8, 4) is 11.1 Å². The second-order valence-corrected chi connectivity index (χ2v) is 5.98. The maximum absolute atomic E-state index is 11.4. The van der Waals surface area contributed by atoms with Crippen molar-refractivity contribution in [2.45, 2.75) is 11.3 Å². The molecule has 0 unspecified atom stereocenters. The monoisotopic (exact) mass is 304 g/mol. The van der Waals surface area contributed by atoms with Crippen LogP contribution in [0.1, 0.15) is 11.1 Å². The third-order valence-corrected chi connectivity index (χ3v) is 4.55. The summed E-state index contributed by atoms with van der Waals surface area (Å²) in [4.78, 5) is -0.169. The molecule has 0 saturated heterocycles. The van der Waals surface area contributed by atoms with E-state index in [4.69, 9.17) is 11.6 Å². The molecular formula is C13H10ClNaO3S. The summed E-state index contributed by atoms with van der Waals surface area (Å²) >= 11 is 5.90. The Balaban J connectivity index is 0.00000133. The number of hydrogen-bond donors (Lipinski definition) is 1. The summed E-state index contributed by atoms with van der Waals surface area (Å²) in [5, 5.41) is 0.0593. The molecule has 19 heavy (non-hydrogen) atoms. The Morgan fingerprint density at radius 1 is 1.05 bits per heavy atom. The second-order valence-electron chi connectivity index (χ2n) is 4.21. The molecule has 0 fully saturated rings. The predicted molar refractivity (Wildman–Crippen MR) is 76.7 cm³/mol. The van der Waals surface area contributed by atoms with E-state index in [1.165, 1.54) is 6.07 Å². The van der Waals surface area contributed by atoms with Crippen LogP contribution in [0.3, 0.4) is 0 Å². The Kier molecular flexibility index (Phi) is 4.12. The third-order valence-electron chi connectivity index (χ3n) is 3.15. The summed E-state index contributed by atoms with van der Waals surface area (Å²) in [5.74, 6) is 0. The fourth-order valence-corrected chi connectivity index (χ4v) is 3.71. The van der Waals surface area contributed by atoms with Gasteiger partial charge in [-0.3, -0.25) is 4.55 Å². The van der Waals surface area contributed by atoms with Crippen LogP contribution in [0.5, 0.6) is 0 Å². The molecule has 1 aliphatic rings. The van der Waals surface area contributed by atoms with E-state index in [1.54, 1.807) is 6.07 Å². The topological polar surface area (TPSA) is 54.4 Å². The molecule has 0 bridgehead atoms. The quantitative estimate of drug-likeness (QED) is 0.555. The van der Waals surface area contributed by atoms with Gasteiger partial charge < -0.3 is 0 Å². The van der Waals surface area contributed by atoms with Gasteiger partial charge in [0.2, 0.25) is 0 Å². The van der Waals surface area contributed by atoms with Crippen LogP contribution in [0, 0.1) is 0 Å². The van der Waals surface area contributed by atoms with Crippen molar-refractivity contribution in [1.29, 1.82) is 0 Å². The van der Waals surface area contributed by atoms with Crippen molar-refractivity contribution in [3.63, 3.8) is 0 Å². The Morgan fingerprint density at radius 3 is 2.42 bits per heavy atom. The van der Waals surface area contributed by atoms with E-state index in [2.05, 4.69) is 0 Å². The van der Waals surface area contributed by atoms with Gasteiger partial charge in [-0.2, -0.15) is 8.42 Å². The summed E-state index contributed by atoms with van der Waals surface area (Å²) in [6.45, 7) is 0. The molecule has 1 aliphatic carbocycles. The zero-order valence-electron chi connectivity index (χ0n) is 9.22. The zero-order chi connectivity index (χ0) is 12.9. The van der Waals surface area contributed by atoms with Crippen molar-refractivity contribution in [2.24, 2.45) is 0 Å². The molecule has 2 aromatic carbocycles. The summed E-state index contributed by atoms with van der Waals surface area (Å²) in [6, 6.07) is 11.0. The van der Waals surface area contributed by atoms with E-state index in [1.807, 2.05) is 24.3 Å². The number of halogens is 1. The van der Waals surface area contributed by atoms with E-state index in [-0.39, 0.29) is 39.5 Å². The molecule has 0 atom stereocenters. The van der Waals surface area contributed by atoms with Gasteiger partial charge in [-0.25, -0.2) is 0 Å². The van der Waals surface area contributed by atoms with E-state index < -0.39 is 10.1 Å².